The first-order chi connectivity index (χ1) is 9.11. The Balaban J connectivity index is 2.42. The quantitative estimate of drug-likeness (QED) is 0.529. The number of hydrogen-bond donors (Lipinski definition) is 1. The molecule has 1 aromatic carbocycles. The topological polar surface area (TPSA) is 85.5 Å². The van der Waals surface area contributed by atoms with Crippen molar-refractivity contribution in [1.82, 2.24) is 4.98 Å². The normalized spacial score (nSPS) is 10.2. The van der Waals surface area contributed by atoms with Crippen molar-refractivity contribution in [3.05, 3.63) is 57.2 Å². The second-order valence-electron chi connectivity index (χ2n) is 3.58. The van der Waals surface area contributed by atoms with E-state index in [1.165, 1.54) is 12.1 Å². The lowest BCUT2D eigenvalue weighted by Crippen LogP contribution is -1.98. The summed E-state index contributed by atoms with van der Waals surface area (Å²) in [6.07, 6.45) is 0. The first-order valence-electron chi connectivity index (χ1n) is 5.29. The molecule has 19 heavy (non-hydrogen) atoms. The van der Waals surface area contributed by atoms with Gasteiger partial charge >= 0.3 is 11.6 Å². The lowest BCUT2D eigenvalue weighted by Gasteiger charge is -2.08. The van der Waals surface area contributed by atoms with Crippen molar-refractivity contribution in [1.29, 1.82) is 0 Å². The van der Waals surface area contributed by atoms with Gasteiger partial charge in [-0.05, 0) is 12.1 Å². The zero-order chi connectivity index (χ0) is 13.8. The smallest absolute Gasteiger partial charge is 0.331 e. The van der Waals surface area contributed by atoms with Crippen LogP contribution < -0.4 is 4.74 Å². The molecule has 2 aromatic rings. The van der Waals surface area contributed by atoms with Gasteiger partial charge in [-0.2, -0.15) is 4.98 Å². The van der Waals surface area contributed by atoms with Crippen molar-refractivity contribution in [2.24, 2.45) is 0 Å². The van der Waals surface area contributed by atoms with E-state index in [1.54, 1.807) is 24.3 Å². The third-order valence-electron chi connectivity index (χ3n) is 2.35. The minimum atomic E-state index is -0.611. The lowest BCUT2D eigenvalue weighted by atomic mass is 10.2. The van der Waals surface area contributed by atoms with Crippen LogP contribution in [0.2, 0.25) is 5.15 Å². The lowest BCUT2D eigenvalue weighted by molar-refractivity contribution is -0.386. The first kappa shape index (κ1) is 13.3. The van der Waals surface area contributed by atoms with Crippen LogP contribution in [0.3, 0.4) is 0 Å². The van der Waals surface area contributed by atoms with E-state index in [-0.39, 0.29) is 23.3 Å². The van der Waals surface area contributed by atoms with E-state index >= 15 is 0 Å². The largest absolute Gasteiger partial charge is 0.433 e. The van der Waals surface area contributed by atoms with Crippen LogP contribution >= 0.6 is 11.6 Å². The van der Waals surface area contributed by atoms with Gasteiger partial charge in [-0.3, -0.25) is 10.1 Å². The first-order valence-corrected chi connectivity index (χ1v) is 5.67. The Labute approximate surface area is 113 Å². The molecule has 6 nitrogen and oxygen atoms in total. The monoisotopic (exact) mass is 280 g/mol. The summed E-state index contributed by atoms with van der Waals surface area (Å²) in [5.74, 6) is 0.0845. The summed E-state index contributed by atoms with van der Waals surface area (Å²) in [7, 11) is 0. The molecule has 0 aliphatic heterocycles. The molecule has 0 saturated carbocycles. The average Bonchev–Trinajstić information content (AvgIpc) is 2.39. The second kappa shape index (κ2) is 5.64. The summed E-state index contributed by atoms with van der Waals surface area (Å²) in [4.78, 5) is 14.0. The fourth-order valence-corrected chi connectivity index (χ4v) is 1.60. The van der Waals surface area contributed by atoms with Gasteiger partial charge in [0.2, 0.25) is 0 Å². The fourth-order valence-electron chi connectivity index (χ4n) is 1.46. The molecule has 1 N–H and O–H groups in total. The number of halogens is 1. The number of ether oxygens (including phenoxy) is 1. The highest BCUT2D eigenvalue weighted by Crippen LogP contribution is 2.32. The van der Waals surface area contributed by atoms with Gasteiger partial charge in [-0.25, -0.2) is 0 Å². The van der Waals surface area contributed by atoms with Gasteiger partial charge in [0, 0.05) is 11.6 Å². The predicted octanol–water partition coefficient (Wildman–Crippen LogP) is 2.93. The average molecular weight is 281 g/mol. The number of pyridine rings is 1. The van der Waals surface area contributed by atoms with Crippen LogP contribution in [0.4, 0.5) is 5.69 Å². The number of para-hydroxylation sites is 1. The van der Waals surface area contributed by atoms with Gasteiger partial charge in [0.05, 0.1) is 11.5 Å². The maximum atomic E-state index is 10.9. The highest BCUT2D eigenvalue weighted by molar-refractivity contribution is 6.29. The van der Waals surface area contributed by atoms with Gasteiger partial charge in [-0.1, -0.05) is 29.8 Å². The van der Waals surface area contributed by atoms with E-state index < -0.39 is 4.92 Å². The fraction of sp³-hybridized carbons (Fsp3) is 0.0833. The Hall–Kier alpha value is -2.18. The molecule has 0 amide bonds. The van der Waals surface area contributed by atoms with Crippen molar-refractivity contribution in [2.75, 3.05) is 0 Å². The molecule has 1 heterocycles. The van der Waals surface area contributed by atoms with E-state index in [0.29, 0.717) is 11.3 Å². The summed E-state index contributed by atoms with van der Waals surface area (Å²) < 4.78 is 5.38. The molecule has 0 radical (unpaired) electrons. The molecule has 98 valence electrons. The molecular formula is C12H9ClN2O4. The number of aliphatic hydroxyl groups excluding tert-OH is 1. The molecule has 0 atom stereocenters. The SMILES string of the molecule is O=[N+]([O-])c1ccc(Cl)nc1Oc1ccccc1CO. The van der Waals surface area contributed by atoms with Crippen molar-refractivity contribution >= 4 is 17.3 Å². The Morgan fingerprint density at radius 3 is 2.74 bits per heavy atom. The highest BCUT2D eigenvalue weighted by atomic mass is 35.5. The molecule has 2 rings (SSSR count). The Kier molecular flexibility index (Phi) is 3.94. The molecule has 7 heteroatoms. The van der Waals surface area contributed by atoms with E-state index in [4.69, 9.17) is 21.4 Å². The molecule has 0 unspecified atom stereocenters. The van der Waals surface area contributed by atoms with Gasteiger partial charge in [0.15, 0.2) is 0 Å². The molecule has 0 aliphatic carbocycles. The minimum absolute atomic E-state index is 0.0853. The number of hydrogen-bond acceptors (Lipinski definition) is 5. The molecule has 0 aliphatic rings. The third kappa shape index (κ3) is 2.98. The molecule has 0 spiro atoms. The van der Waals surface area contributed by atoms with Crippen LogP contribution in [0.5, 0.6) is 11.6 Å². The number of aliphatic hydroxyl groups is 1. The van der Waals surface area contributed by atoms with Gasteiger partial charge < -0.3 is 9.84 Å². The summed E-state index contributed by atoms with van der Waals surface area (Å²) in [6, 6.07) is 9.16. The van der Waals surface area contributed by atoms with Gasteiger partial charge in [0.1, 0.15) is 10.9 Å². The number of nitrogens with zero attached hydrogens (tertiary/aromatic N) is 2. The number of nitro groups is 1. The Morgan fingerprint density at radius 1 is 1.32 bits per heavy atom. The van der Waals surface area contributed by atoms with E-state index in [0.717, 1.165) is 0 Å². The maximum absolute atomic E-state index is 10.9. The van der Waals surface area contributed by atoms with Crippen molar-refractivity contribution in [2.45, 2.75) is 6.61 Å². The van der Waals surface area contributed by atoms with Gasteiger partial charge in [0.25, 0.3) is 0 Å². The molecule has 0 bridgehead atoms. The van der Waals surface area contributed by atoms with Crippen LogP contribution in [0.15, 0.2) is 36.4 Å². The van der Waals surface area contributed by atoms with Crippen molar-refractivity contribution in [3.8, 4) is 11.6 Å². The van der Waals surface area contributed by atoms with Gasteiger partial charge in [-0.15, -0.1) is 0 Å². The summed E-state index contributed by atoms with van der Waals surface area (Å²) >= 11 is 5.70. The van der Waals surface area contributed by atoms with Crippen LogP contribution in [-0.2, 0) is 6.61 Å². The maximum Gasteiger partial charge on any atom is 0.331 e. The zero-order valence-electron chi connectivity index (χ0n) is 9.62. The highest BCUT2D eigenvalue weighted by Gasteiger charge is 2.19. The molecule has 0 fully saturated rings. The zero-order valence-corrected chi connectivity index (χ0v) is 10.4. The minimum Gasteiger partial charge on any atom is -0.433 e. The Morgan fingerprint density at radius 2 is 2.05 bits per heavy atom. The van der Waals surface area contributed by atoms with E-state index in [1.807, 2.05) is 0 Å². The van der Waals surface area contributed by atoms with Crippen molar-refractivity contribution < 1.29 is 14.8 Å². The molecular weight excluding hydrogens is 272 g/mol. The van der Waals surface area contributed by atoms with Crippen LogP contribution in [0.1, 0.15) is 5.56 Å². The molecule has 1 aromatic heterocycles. The summed E-state index contributed by atoms with van der Waals surface area (Å²) in [5, 5.41) is 20.1. The number of aromatic nitrogens is 1. The summed E-state index contributed by atoms with van der Waals surface area (Å²) in [6.45, 7) is -0.245. The van der Waals surface area contributed by atoms with E-state index in [9.17, 15) is 10.1 Å². The second-order valence-corrected chi connectivity index (χ2v) is 3.97. The Bertz CT molecular complexity index is 618. The number of rotatable bonds is 4. The third-order valence-corrected chi connectivity index (χ3v) is 2.56. The standard InChI is InChI=1S/C12H9ClN2O4/c13-11-6-5-9(15(17)18)12(14-11)19-10-4-2-1-3-8(10)7-16/h1-6,16H,7H2. The summed E-state index contributed by atoms with van der Waals surface area (Å²) in [5.41, 5.74) is 0.204. The van der Waals surface area contributed by atoms with Crippen LogP contribution in [0.25, 0.3) is 0 Å². The van der Waals surface area contributed by atoms with Crippen LogP contribution in [-0.4, -0.2) is 15.0 Å². The van der Waals surface area contributed by atoms with Crippen molar-refractivity contribution in [3.63, 3.8) is 0 Å². The van der Waals surface area contributed by atoms with E-state index in [2.05, 4.69) is 4.98 Å². The molecule has 0 saturated heterocycles. The predicted molar refractivity (Wildman–Crippen MR) is 68.3 cm³/mol. The number of benzene rings is 1. The van der Waals surface area contributed by atoms with Crippen LogP contribution in [0, 0.1) is 10.1 Å².